The number of aliphatic carboxylic acids is 2. The third-order valence-electron chi connectivity index (χ3n) is 10.4. The van der Waals surface area contributed by atoms with Gasteiger partial charge in [0.1, 0.15) is 30.2 Å². The lowest BCUT2D eigenvalue weighted by molar-refractivity contribution is -0.143. The summed E-state index contributed by atoms with van der Waals surface area (Å²) in [5.41, 5.74) is 19.8. The summed E-state index contributed by atoms with van der Waals surface area (Å²) in [5.74, 6) is -6.90. The predicted molar refractivity (Wildman–Crippen MR) is 239 cm³/mol. The number of guanidine groups is 1. The van der Waals surface area contributed by atoms with Gasteiger partial charge in [-0.15, -0.1) is 0 Å². The smallest absolute Gasteiger partial charge is 0.326 e. The Morgan fingerprint density at radius 1 is 0.609 bits per heavy atom. The Bertz CT molecular complexity index is 2250. The Hall–Kier alpha value is -7.28. The Balaban J connectivity index is 1.69. The Kier molecular flexibility index (Phi) is 18.8. The van der Waals surface area contributed by atoms with E-state index in [1.54, 1.807) is 80.7 Å². The van der Waals surface area contributed by atoms with Crippen LogP contribution < -0.4 is 43.8 Å². The number of para-hydroxylation sites is 1. The molecule has 0 spiro atoms. The first-order valence-corrected chi connectivity index (χ1v) is 20.9. The molecule has 0 aliphatic carbocycles. The van der Waals surface area contributed by atoms with Crippen molar-refractivity contribution in [2.75, 3.05) is 6.54 Å². The zero-order valence-electron chi connectivity index (χ0n) is 35.8. The van der Waals surface area contributed by atoms with Crippen LogP contribution in [0.1, 0.15) is 56.2 Å². The Morgan fingerprint density at radius 3 is 1.58 bits per heavy atom. The van der Waals surface area contributed by atoms with Gasteiger partial charge in [-0.1, -0.05) is 92.7 Å². The molecule has 0 saturated carbocycles. The number of carboxylic acids is 2. The third-order valence-corrected chi connectivity index (χ3v) is 10.4. The number of carbonyl (C=O) groups is 7. The highest BCUT2D eigenvalue weighted by Crippen LogP contribution is 2.20. The second-order valence-corrected chi connectivity index (χ2v) is 15.7. The van der Waals surface area contributed by atoms with E-state index in [-0.39, 0.29) is 50.5 Å². The van der Waals surface area contributed by atoms with Crippen LogP contribution >= 0.6 is 0 Å². The van der Waals surface area contributed by atoms with Gasteiger partial charge in [-0.2, -0.15) is 0 Å². The minimum Gasteiger partial charge on any atom is -0.481 e. The molecule has 1 heterocycles. The summed E-state index contributed by atoms with van der Waals surface area (Å²) in [4.78, 5) is 101. The third kappa shape index (κ3) is 15.6. The first kappa shape index (κ1) is 49.4. The average Bonchev–Trinajstić information content (AvgIpc) is 3.67. The van der Waals surface area contributed by atoms with Crippen LogP contribution in [0.3, 0.4) is 0 Å². The maximum atomic E-state index is 14.6. The summed E-state index contributed by atoms with van der Waals surface area (Å²) in [6.45, 7) is 3.66. The number of benzene rings is 3. The van der Waals surface area contributed by atoms with Crippen LogP contribution in [0.4, 0.5) is 0 Å². The van der Waals surface area contributed by atoms with Crippen LogP contribution in [0.15, 0.2) is 96.1 Å². The molecular formula is C45H58N10O9. The molecule has 4 aromatic rings. The SMILES string of the molecule is CC(C)[C@H](N)C(=O)N[C@@H](CCCN=C(N)N)C(=O)N[C@@H](Cc1c[nH]c2ccccc12)C(=O)N[C@@H](Cc1ccccc1)C(=O)N[C@@H](Cc1ccccc1)C(=O)N[C@@H](CCC(=O)O)C(=O)O. The van der Waals surface area contributed by atoms with Crippen molar-refractivity contribution in [1.82, 2.24) is 31.6 Å². The van der Waals surface area contributed by atoms with E-state index >= 15 is 0 Å². The maximum Gasteiger partial charge on any atom is 0.326 e. The van der Waals surface area contributed by atoms with Crippen LogP contribution in [-0.4, -0.2) is 105 Å². The first-order chi connectivity index (χ1) is 30.5. The highest BCUT2D eigenvalue weighted by atomic mass is 16.4. The fourth-order valence-corrected chi connectivity index (χ4v) is 6.81. The lowest BCUT2D eigenvalue weighted by Gasteiger charge is -2.27. The van der Waals surface area contributed by atoms with Crippen molar-refractivity contribution in [1.29, 1.82) is 0 Å². The maximum absolute atomic E-state index is 14.6. The van der Waals surface area contributed by atoms with Crippen molar-refractivity contribution >= 4 is 58.3 Å². The van der Waals surface area contributed by atoms with Gasteiger partial charge in [-0.3, -0.25) is 33.8 Å². The second kappa shape index (κ2) is 24.4. The predicted octanol–water partition coefficient (Wildman–Crippen LogP) is 0.606. The van der Waals surface area contributed by atoms with Crippen LogP contribution in [-0.2, 0) is 52.8 Å². The van der Waals surface area contributed by atoms with E-state index in [0.29, 0.717) is 16.7 Å². The van der Waals surface area contributed by atoms with Crippen LogP contribution in [0.2, 0.25) is 0 Å². The quantitative estimate of drug-likeness (QED) is 0.0248. The van der Waals surface area contributed by atoms with E-state index < -0.39 is 90.6 Å². The average molecular weight is 883 g/mol. The van der Waals surface area contributed by atoms with Crippen LogP contribution in [0.5, 0.6) is 0 Å². The van der Waals surface area contributed by atoms with E-state index in [0.717, 1.165) is 10.9 Å². The highest BCUT2D eigenvalue weighted by molar-refractivity contribution is 5.97. The van der Waals surface area contributed by atoms with E-state index in [9.17, 15) is 38.7 Å². The van der Waals surface area contributed by atoms with Gasteiger partial charge in [0.05, 0.1) is 6.04 Å². The standard InChI is InChI=1S/C45H58N10O9/c1-26(2)38(46)43(62)51-32(18-11-21-49-45(47)48)39(58)55-36(24-29-25-50-31-17-10-9-16-30(29)31)42(61)54-35(23-28-14-7-4-8-15-28)41(60)53-34(22-27-12-5-3-6-13-27)40(59)52-33(44(63)64)19-20-37(56)57/h3-10,12-17,25-26,32-36,38,50H,11,18-24,46H2,1-2H3,(H,51,62)(H,52,59)(H,53,60)(H,54,61)(H,55,58)(H,56,57)(H,63,64)(H4,47,48,49)/t32-,33-,34-,35-,36-,38-/m0/s1. The highest BCUT2D eigenvalue weighted by Gasteiger charge is 2.34. The number of carbonyl (C=O) groups excluding carboxylic acids is 5. The summed E-state index contributed by atoms with van der Waals surface area (Å²) in [6.07, 6.45) is 0.877. The Labute approximate surface area is 370 Å². The van der Waals surface area contributed by atoms with Gasteiger partial charge >= 0.3 is 11.9 Å². The number of hydrogen-bond acceptors (Lipinski definition) is 9. The van der Waals surface area contributed by atoms with Crippen molar-refractivity contribution < 1.29 is 43.8 Å². The molecule has 342 valence electrons. The molecule has 0 aliphatic rings. The van der Waals surface area contributed by atoms with Gasteiger partial charge in [0.2, 0.25) is 29.5 Å². The molecule has 0 bridgehead atoms. The molecule has 1 aromatic heterocycles. The van der Waals surface area contributed by atoms with Gasteiger partial charge in [-0.25, -0.2) is 4.79 Å². The number of aromatic amines is 1. The summed E-state index contributed by atoms with van der Waals surface area (Å²) in [5, 5.41) is 33.1. The molecular weight excluding hydrogens is 825 g/mol. The number of rotatable bonds is 25. The molecule has 19 nitrogen and oxygen atoms in total. The fraction of sp³-hybridized carbons (Fsp3) is 0.378. The zero-order valence-corrected chi connectivity index (χ0v) is 35.8. The summed E-state index contributed by atoms with van der Waals surface area (Å²) < 4.78 is 0. The molecule has 3 aromatic carbocycles. The number of aromatic nitrogens is 1. The molecule has 0 radical (unpaired) electrons. The van der Waals surface area contributed by atoms with Crippen molar-refractivity contribution in [3.8, 4) is 0 Å². The van der Waals surface area contributed by atoms with E-state index in [1.165, 1.54) is 0 Å². The molecule has 14 N–H and O–H groups in total. The summed E-state index contributed by atoms with van der Waals surface area (Å²) >= 11 is 0. The summed E-state index contributed by atoms with van der Waals surface area (Å²) in [6, 6.07) is 16.9. The van der Waals surface area contributed by atoms with Crippen molar-refractivity contribution in [2.45, 2.75) is 95.0 Å². The second-order valence-electron chi connectivity index (χ2n) is 15.7. The number of nitrogens with two attached hydrogens (primary N) is 3. The molecule has 0 aliphatic heterocycles. The van der Waals surface area contributed by atoms with Crippen LogP contribution in [0, 0.1) is 5.92 Å². The van der Waals surface area contributed by atoms with E-state index in [2.05, 4.69) is 36.6 Å². The molecule has 5 amide bonds. The monoisotopic (exact) mass is 882 g/mol. The first-order valence-electron chi connectivity index (χ1n) is 20.9. The number of fused-ring (bicyclic) bond motifs is 1. The molecule has 0 fully saturated rings. The number of aliphatic imine (C=N–C) groups is 1. The molecule has 6 atom stereocenters. The van der Waals surface area contributed by atoms with Gasteiger partial charge in [0, 0.05) is 49.3 Å². The molecule has 0 saturated heterocycles. The number of nitrogens with zero attached hydrogens (tertiary/aromatic N) is 1. The lowest BCUT2D eigenvalue weighted by atomic mass is 10.00. The number of H-pyrrole nitrogens is 1. The molecule has 0 unspecified atom stereocenters. The van der Waals surface area contributed by atoms with E-state index in [1.807, 2.05) is 24.3 Å². The minimum atomic E-state index is -1.58. The molecule has 4 rings (SSSR count). The largest absolute Gasteiger partial charge is 0.481 e. The molecule has 19 heteroatoms. The fourth-order valence-electron chi connectivity index (χ4n) is 6.81. The minimum absolute atomic E-state index is 0.0621. The summed E-state index contributed by atoms with van der Waals surface area (Å²) in [7, 11) is 0. The van der Waals surface area contributed by atoms with Crippen molar-refractivity contribution in [2.24, 2.45) is 28.1 Å². The van der Waals surface area contributed by atoms with Gasteiger partial charge in [0.15, 0.2) is 5.96 Å². The topological polar surface area (TPSA) is 326 Å². The number of nitrogens with one attached hydrogen (secondary N) is 6. The number of hydrogen-bond donors (Lipinski definition) is 11. The molecule has 64 heavy (non-hydrogen) atoms. The lowest BCUT2D eigenvalue weighted by Crippen LogP contribution is -2.60. The zero-order chi connectivity index (χ0) is 46.8. The van der Waals surface area contributed by atoms with E-state index in [4.69, 9.17) is 22.3 Å². The number of carboxylic acid groups (broad SMARTS) is 2. The van der Waals surface area contributed by atoms with Crippen molar-refractivity contribution in [3.63, 3.8) is 0 Å². The van der Waals surface area contributed by atoms with Gasteiger partial charge in [0.25, 0.3) is 0 Å². The normalized spacial score (nSPS) is 13.9. The Morgan fingerprint density at radius 2 is 1.08 bits per heavy atom. The van der Waals surface area contributed by atoms with Crippen molar-refractivity contribution in [3.05, 3.63) is 108 Å². The van der Waals surface area contributed by atoms with Gasteiger partial charge in [-0.05, 0) is 47.9 Å². The van der Waals surface area contributed by atoms with Crippen LogP contribution in [0.25, 0.3) is 10.9 Å². The van der Waals surface area contributed by atoms with Gasteiger partial charge < -0.3 is 59.0 Å². The number of amides is 5.